The van der Waals surface area contributed by atoms with Gasteiger partial charge < -0.3 is 9.47 Å². The fourth-order valence-corrected chi connectivity index (χ4v) is 1.53. The number of amides is 1. The summed E-state index contributed by atoms with van der Waals surface area (Å²) in [5.41, 5.74) is 1.86. The zero-order valence-corrected chi connectivity index (χ0v) is 9.05. The third-order valence-corrected chi connectivity index (χ3v) is 2.30. The molecule has 0 aliphatic carbocycles. The quantitative estimate of drug-likeness (QED) is 0.781. The van der Waals surface area contributed by atoms with Crippen LogP contribution < -0.4 is 0 Å². The molecule has 0 spiro atoms. The Morgan fingerprint density at radius 2 is 2.19 bits per heavy atom. The molecule has 1 heterocycles. The van der Waals surface area contributed by atoms with Gasteiger partial charge in [-0.15, -0.1) is 0 Å². The van der Waals surface area contributed by atoms with Crippen molar-refractivity contribution in [3.05, 3.63) is 41.6 Å². The number of nitrogens with zero attached hydrogens (tertiary/aromatic N) is 1. The molecular weight excluding hydrogens is 206 g/mol. The molecule has 1 aliphatic heterocycles. The van der Waals surface area contributed by atoms with Gasteiger partial charge in [0, 0.05) is 7.11 Å². The van der Waals surface area contributed by atoms with Crippen molar-refractivity contribution in [1.82, 2.24) is 4.90 Å². The number of carbonyl (C=O) groups excluding carboxylic acids is 1. The second-order valence-electron chi connectivity index (χ2n) is 3.45. The number of hydrogen-bond acceptors (Lipinski definition) is 3. The Labute approximate surface area is 94.1 Å². The predicted octanol–water partition coefficient (Wildman–Crippen LogP) is 2.08. The number of rotatable bonds is 3. The molecule has 1 aromatic rings. The average Bonchev–Trinajstić information content (AvgIpc) is 2.64. The summed E-state index contributed by atoms with van der Waals surface area (Å²) < 4.78 is 9.89. The van der Waals surface area contributed by atoms with Crippen LogP contribution >= 0.6 is 0 Å². The first kappa shape index (κ1) is 10.7. The van der Waals surface area contributed by atoms with Crippen molar-refractivity contribution < 1.29 is 14.3 Å². The Balaban J connectivity index is 2.20. The van der Waals surface area contributed by atoms with Gasteiger partial charge in [-0.05, 0) is 11.6 Å². The zero-order valence-electron chi connectivity index (χ0n) is 9.05. The maximum Gasteiger partial charge on any atom is 0.416 e. The molecule has 1 saturated heterocycles. The summed E-state index contributed by atoms with van der Waals surface area (Å²) in [6.45, 7) is 0.522. The molecule has 84 valence electrons. The second-order valence-corrected chi connectivity index (χ2v) is 3.45. The Kier molecular flexibility index (Phi) is 3.22. The highest BCUT2D eigenvalue weighted by Gasteiger charge is 2.27. The summed E-state index contributed by atoms with van der Waals surface area (Å²) in [7, 11) is 1.55. The van der Waals surface area contributed by atoms with Crippen LogP contribution in [-0.2, 0) is 9.47 Å². The van der Waals surface area contributed by atoms with Gasteiger partial charge in [-0.1, -0.05) is 30.3 Å². The summed E-state index contributed by atoms with van der Waals surface area (Å²) in [5.74, 6) is 0. The molecular formula is C12H13NO3. The van der Waals surface area contributed by atoms with E-state index in [0.29, 0.717) is 6.61 Å². The van der Waals surface area contributed by atoms with Crippen LogP contribution in [0, 0.1) is 0 Å². The van der Waals surface area contributed by atoms with Gasteiger partial charge in [-0.25, -0.2) is 4.79 Å². The van der Waals surface area contributed by atoms with E-state index in [1.54, 1.807) is 7.11 Å². The van der Waals surface area contributed by atoms with Crippen molar-refractivity contribution in [1.29, 1.82) is 0 Å². The lowest BCUT2D eigenvalue weighted by Crippen LogP contribution is -2.24. The lowest BCUT2D eigenvalue weighted by Gasteiger charge is -2.12. The van der Waals surface area contributed by atoms with E-state index in [1.165, 1.54) is 4.90 Å². The van der Waals surface area contributed by atoms with E-state index in [0.717, 1.165) is 11.3 Å². The average molecular weight is 219 g/mol. The minimum Gasteiger partial charge on any atom is -0.443 e. The van der Waals surface area contributed by atoms with Gasteiger partial charge in [0.1, 0.15) is 13.3 Å². The molecule has 1 fully saturated rings. The number of benzene rings is 1. The van der Waals surface area contributed by atoms with Crippen LogP contribution in [0.5, 0.6) is 0 Å². The first-order valence-corrected chi connectivity index (χ1v) is 5.00. The molecule has 1 aliphatic rings. The summed E-state index contributed by atoms with van der Waals surface area (Å²) >= 11 is 0. The molecule has 1 aromatic carbocycles. The SMILES string of the molecule is COCN1C(=O)OC/C1=C\c1ccccc1. The second kappa shape index (κ2) is 4.81. The van der Waals surface area contributed by atoms with Gasteiger partial charge in [0.15, 0.2) is 0 Å². The molecule has 2 rings (SSSR count). The maximum atomic E-state index is 11.3. The van der Waals surface area contributed by atoms with Crippen molar-refractivity contribution in [2.45, 2.75) is 0 Å². The number of carbonyl (C=O) groups is 1. The number of methoxy groups -OCH3 is 1. The van der Waals surface area contributed by atoms with Crippen molar-refractivity contribution in [3.8, 4) is 0 Å². The van der Waals surface area contributed by atoms with Crippen molar-refractivity contribution in [3.63, 3.8) is 0 Å². The van der Waals surface area contributed by atoms with Gasteiger partial charge in [-0.3, -0.25) is 4.90 Å². The number of hydrogen-bond donors (Lipinski definition) is 0. The Hall–Kier alpha value is -1.81. The molecule has 0 atom stereocenters. The molecule has 16 heavy (non-hydrogen) atoms. The van der Waals surface area contributed by atoms with Crippen molar-refractivity contribution in [2.75, 3.05) is 20.4 Å². The Bertz CT molecular complexity index is 400. The lowest BCUT2D eigenvalue weighted by atomic mass is 10.2. The van der Waals surface area contributed by atoms with E-state index in [2.05, 4.69) is 0 Å². The van der Waals surface area contributed by atoms with Gasteiger partial charge in [0.25, 0.3) is 0 Å². The third kappa shape index (κ3) is 2.23. The lowest BCUT2D eigenvalue weighted by molar-refractivity contribution is 0.0942. The van der Waals surface area contributed by atoms with E-state index in [-0.39, 0.29) is 12.8 Å². The van der Waals surface area contributed by atoms with Crippen LogP contribution in [0.1, 0.15) is 5.56 Å². The highest BCUT2D eigenvalue weighted by Crippen LogP contribution is 2.18. The van der Waals surface area contributed by atoms with E-state index < -0.39 is 0 Å². The normalized spacial score (nSPS) is 17.9. The number of ether oxygens (including phenoxy) is 2. The van der Waals surface area contributed by atoms with Crippen LogP contribution in [0.2, 0.25) is 0 Å². The zero-order chi connectivity index (χ0) is 11.4. The highest BCUT2D eigenvalue weighted by atomic mass is 16.6. The predicted molar refractivity (Wildman–Crippen MR) is 59.5 cm³/mol. The minimum atomic E-state index is -0.357. The van der Waals surface area contributed by atoms with E-state index in [9.17, 15) is 4.79 Å². The fourth-order valence-electron chi connectivity index (χ4n) is 1.53. The topological polar surface area (TPSA) is 38.8 Å². The van der Waals surface area contributed by atoms with Crippen LogP contribution in [0.3, 0.4) is 0 Å². The van der Waals surface area contributed by atoms with Gasteiger partial charge in [0.2, 0.25) is 0 Å². The summed E-state index contributed by atoms with van der Waals surface area (Å²) in [6, 6.07) is 9.79. The highest BCUT2D eigenvalue weighted by molar-refractivity contribution is 5.75. The molecule has 1 amide bonds. The monoisotopic (exact) mass is 219 g/mol. The molecule has 4 heteroatoms. The largest absolute Gasteiger partial charge is 0.443 e. The molecule has 0 aromatic heterocycles. The molecule has 0 radical (unpaired) electrons. The van der Waals surface area contributed by atoms with Crippen LogP contribution in [0.25, 0.3) is 6.08 Å². The van der Waals surface area contributed by atoms with Crippen LogP contribution in [0.15, 0.2) is 36.0 Å². The van der Waals surface area contributed by atoms with Crippen molar-refractivity contribution in [2.24, 2.45) is 0 Å². The molecule has 4 nitrogen and oxygen atoms in total. The molecule has 0 saturated carbocycles. The van der Waals surface area contributed by atoms with Crippen LogP contribution in [0.4, 0.5) is 4.79 Å². The van der Waals surface area contributed by atoms with E-state index >= 15 is 0 Å². The molecule has 0 unspecified atom stereocenters. The Morgan fingerprint density at radius 3 is 2.88 bits per heavy atom. The van der Waals surface area contributed by atoms with Crippen LogP contribution in [-0.4, -0.2) is 31.4 Å². The number of cyclic esters (lactones) is 1. The maximum absolute atomic E-state index is 11.3. The van der Waals surface area contributed by atoms with Gasteiger partial charge in [0.05, 0.1) is 5.70 Å². The molecule has 0 N–H and O–H groups in total. The minimum absolute atomic E-state index is 0.220. The first-order chi connectivity index (χ1) is 7.81. The first-order valence-electron chi connectivity index (χ1n) is 5.00. The summed E-state index contributed by atoms with van der Waals surface area (Å²) in [5, 5.41) is 0. The fraction of sp³-hybridized carbons (Fsp3) is 0.250. The van der Waals surface area contributed by atoms with Crippen molar-refractivity contribution >= 4 is 12.2 Å². The van der Waals surface area contributed by atoms with E-state index in [1.807, 2.05) is 36.4 Å². The smallest absolute Gasteiger partial charge is 0.416 e. The summed E-state index contributed by atoms with van der Waals surface area (Å²) in [6.07, 6.45) is 1.56. The Morgan fingerprint density at radius 1 is 1.44 bits per heavy atom. The van der Waals surface area contributed by atoms with Gasteiger partial charge in [-0.2, -0.15) is 0 Å². The summed E-state index contributed by atoms with van der Waals surface area (Å²) in [4.78, 5) is 12.8. The van der Waals surface area contributed by atoms with E-state index in [4.69, 9.17) is 9.47 Å². The van der Waals surface area contributed by atoms with Gasteiger partial charge >= 0.3 is 6.09 Å². The standard InChI is InChI=1S/C12H13NO3/c1-15-9-13-11(8-16-12(13)14)7-10-5-3-2-4-6-10/h2-7H,8-9H2,1H3/b11-7+. The third-order valence-electron chi connectivity index (χ3n) is 2.30. The molecule has 0 bridgehead atoms.